The predicted molar refractivity (Wildman–Crippen MR) is 103 cm³/mol. The van der Waals surface area contributed by atoms with E-state index in [1.807, 2.05) is 12.1 Å². The Morgan fingerprint density at radius 3 is 2.42 bits per heavy atom. The van der Waals surface area contributed by atoms with Gasteiger partial charge in [-0.3, -0.25) is 14.5 Å². The summed E-state index contributed by atoms with van der Waals surface area (Å²) < 4.78 is 1.71. The van der Waals surface area contributed by atoms with E-state index in [1.165, 1.54) is 12.5 Å². The number of likely N-dealkylation sites (tertiary alicyclic amines) is 1. The minimum absolute atomic E-state index is 0.0323. The Bertz CT molecular complexity index is 790. The molecule has 2 heterocycles. The first-order valence-electron chi connectivity index (χ1n) is 8.87. The molecule has 138 valence electrons. The van der Waals surface area contributed by atoms with E-state index in [9.17, 15) is 9.59 Å². The molecule has 1 aliphatic rings. The lowest BCUT2D eigenvalue weighted by Crippen LogP contribution is -2.44. The summed E-state index contributed by atoms with van der Waals surface area (Å²) in [7, 11) is 1.79. The second-order valence-corrected chi connectivity index (χ2v) is 7.37. The first-order valence-corrected chi connectivity index (χ1v) is 9.25. The van der Waals surface area contributed by atoms with Gasteiger partial charge in [-0.25, -0.2) is 0 Å². The maximum Gasteiger partial charge on any atom is 0.268 e. The number of amides is 1. The molecule has 1 aromatic carbocycles. The smallest absolute Gasteiger partial charge is 0.268 e. The summed E-state index contributed by atoms with van der Waals surface area (Å²) in [4.78, 5) is 26.4. The van der Waals surface area contributed by atoms with Crippen LogP contribution in [0, 0.1) is 0 Å². The Morgan fingerprint density at radius 2 is 1.85 bits per heavy atom. The van der Waals surface area contributed by atoms with Gasteiger partial charge in [0, 0.05) is 49.5 Å². The highest BCUT2D eigenvalue weighted by molar-refractivity contribution is 6.30. The fraction of sp³-hybridized carbons (Fsp3) is 0.400. The molecular formula is C20H24ClN3O2. The van der Waals surface area contributed by atoms with Crippen LogP contribution >= 0.6 is 11.6 Å². The molecular weight excluding hydrogens is 350 g/mol. The van der Waals surface area contributed by atoms with Crippen LogP contribution in [0.25, 0.3) is 0 Å². The zero-order valence-corrected chi connectivity index (χ0v) is 15.9. The molecule has 26 heavy (non-hydrogen) atoms. The Kier molecular flexibility index (Phi) is 5.79. The number of hydrogen-bond acceptors (Lipinski definition) is 3. The minimum atomic E-state index is -0.115. The molecule has 0 spiro atoms. The van der Waals surface area contributed by atoms with E-state index in [0.29, 0.717) is 11.3 Å². The van der Waals surface area contributed by atoms with Crippen LogP contribution < -0.4 is 5.32 Å². The standard InChI is InChI=1S/C20H24ClN3O2/c1-14(25)16-11-19(23(2)13-16)20(26)22-18-7-9-24(10-8-18)12-15-3-5-17(21)6-4-15/h3-6,11,13,18H,7-10,12H2,1-2H3,(H,22,26). The first kappa shape index (κ1) is 18.7. The molecule has 1 fully saturated rings. The van der Waals surface area contributed by atoms with Crippen molar-refractivity contribution in [3.63, 3.8) is 0 Å². The molecule has 1 aromatic heterocycles. The van der Waals surface area contributed by atoms with E-state index in [-0.39, 0.29) is 17.7 Å². The molecule has 0 radical (unpaired) electrons. The molecule has 0 unspecified atom stereocenters. The van der Waals surface area contributed by atoms with Crippen LogP contribution in [0.2, 0.25) is 5.02 Å². The molecule has 0 bridgehead atoms. The van der Waals surface area contributed by atoms with Crippen LogP contribution in [0.3, 0.4) is 0 Å². The average molecular weight is 374 g/mol. The van der Waals surface area contributed by atoms with Crippen molar-refractivity contribution >= 4 is 23.3 Å². The fourth-order valence-electron chi connectivity index (χ4n) is 3.33. The lowest BCUT2D eigenvalue weighted by Gasteiger charge is -2.32. The number of rotatable bonds is 5. The monoisotopic (exact) mass is 373 g/mol. The number of halogens is 1. The first-order chi connectivity index (χ1) is 12.4. The van der Waals surface area contributed by atoms with Gasteiger partial charge in [-0.2, -0.15) is 0 Å². The number of benzene rings is 1. The van der Waals surface area contributed by atoms with Crippen molar-refractivity contribution in [3.8, 4) is 0 Å². The SMILES string of the molecule is CC(=O)c1cc(C(=O)NC2CCN(Cc3ccc(Cl)cc3)CC2)n(C)c1. The summed E-state index contributed by atoms with van der Waals surface area (Å²) in [5.74, 6) is -0.147. The van der Waals surface area contributed by atoms with E-state index in [0.717, 1.165) is 37.5 Å². The molecule has 5 nitrogen and oxygen atoms in total. The summed E-state index contributed by atoms with van der Waals surface area (Å²) in [5, 5.41) is 3.86. The number of hydrogen-bond donors (Lipinski definition) is 1. The lowest BCUT2D eigenvalue weighted by molar-refractivity contribution is 0.0900. The van der Waals surface area contributed by atoms with Gasteiger partial charge in [-0.05, 0) is 43.5 Å². The number of piperidine rings is 1. The Balaban J connectivity index is 1.51. The number of carbonyl (C=O) groups is 2. The van der Waals surface area contributed by atoms with Gasteiger partial charge < -0.3 is 9.88 Å². The van der Waals surface area contributed by atoms with E-state index in [1.54, 1.807) is 23.9 Å². The highest BCUT2D eigenvalue weighted by atomic mass is 35.5. The largest absolute Gasteiger partial charge is 0.348 e. The van der Waals surface area contributed by atoms with Crippen LogP contribution in [0.5, 0.6) is 0 Å². The van der Waals surface area contributed by atoms with E-state index < -0.39 is 0 Å². The highest BCUT2D eigenvalue weighted by Gasteiger charge is 2.22. The molecule has 1 saturated heterocycles. The zero-order valence-electron chi connectivity index (χ0n) is 15.2. The van der Waals surface area contributed by atoms with Crippen molar-refractivity contribution in [2.24, 2.45) is 7.05 Å². The number of nitrogens with one attached hydrogen (secondary N) is 1. The third kappa shape index (κ3) is 4.54. The average Bonchev–Trinajstić information content (AvgIpc) is 3.01. The number of aromatic nitrogens is 1. The quantitative estimate of drug-likeness (QED) is 0.818. The Labute approximate surface area is 158 Å². The molecule has 0 saturated carbocycles. The molecule has 2 aromatic rings. The van der Waals surface area contributed by atoms with Crippen molar-refractivity contribution in [1.82, 2.24) is 14.8 Å². The number of ketones is 1. The third-order valence-corrected chi connectivity index (χ3v) is 5.14. The molecule has 1 aliphatic heterocycles. The van der Waals surface area contributed by atoms with Crippen molar-refractivity contribution in [2.75, 3.05) is 13.1 Å². The molecule has 1 N–H and O–H groups in total. The van der Waals surface area contributed by atoms with Gasteiger partial charge in [0.15, 0.2) is 5.78 Å². The lowest BCUT2D eigenvalue weighted by atomic mass is 10.0. The summed E-state index contributed by atoms with van der Waals surface area (Å²) in [6.07, 6.45) is 3.54. The molecule has 6 heteroatoms. The third-order valence-electron chi connectivity index (χ3n) is 4.89. The maximum absolute atomic E-state index is 12.5. The van der Waals surface area contributed by atoms with Crippen LogP contribution in [-0.4, -0.2) is 40.3 Å². The van der Waals surface area contributed by atoms with Gasteiger partial charge in [0.25, 0.3) is 5.91 Å². The van der Waals surface area contributed by atoms with E-state index >= 15 is 0 Å². The highest BCUT2D eigenvalue weighted by Crippen LogP contribution is 2.17. The van der Waals surface area contributed by atoms with Crippen LogP contribution in [-0.2, 0) is 13.6 Å². The van der Waals surface area contributed by atoms with Gasteiger partial charge in [-0.1, -0.05) is 23.7 Å². The second kappa shape index (κ2) is 8.06. The van der Waals surface area contributed by atoms with Gasteiger partial charge >= 0.3 is 0 Å². The van der Waals surface area contributed by atoms with Gasteiger partial charge in [0.2, 0.25) is 0 Å². The number of nitrogens with zero attached hydrogens (tertiary/aromatic N) is 2. The van der Waals surface area contributed by atoms with E-state index in [4.69, 9.17) is 11.6 Å². The number of aryl methyl sites for hydroxylation is 1. The Morgan fingerprint density at radius 1 is 1.19 bits per heavy atom. The van der Waals surface area contributed by atoms with E-state index in [2.05, 4.69) is 22.3 Å². The maximum atomic E-state index is 12.5. The fourth-order valence-corrected chi connectivity index (χ4v) is 3.45. The molecule has 0 aliphatic carbocycles. The van der Waals surface area contributed by atoms with Gasteiger partial charge in [0.1, 0.15) is 5.69 Å². The predicted octanol–water partition coefficient (Wildman–Crippen LogP) is 3.28. The topological polar surface area (TPSA) is 54.3 Å². The van der Waals surface area contributed by atoms with Crippen molar-refractivity contribution in [1.29, 1.82) is 0 Å². The van der Waals surface area contributed by atoms with Crippen molar-refractivity contribution in [2.45, 2.75) is 32.4 Å². The molecule has 1 amide bonds. The van der Waals surface area contributed by atoms with Crippen LogP contribution in [0.15, 0.2) is 36.5 Å². The summed E-state index contributed by atoms with van der Waals surface area (Å²) in [6, 6.07) is 9.77. The van der Waals surface area contributed by atoms with Crippen molar-refractivity contribution < 1.29 is 9.59 Å². The minimum Gasteiger partial charge on any atom is -0.348 e. The van der Waals surface area contributed by atoms with Crippen molar-refractivity contribution in [3.05, 3.63) is 58.4 Å². The number of carbonyl (C=O) groups excluding carboxylic acids is 2. The molecule has 0 atom stereocenters. The normalized spacial score (nSPS) is 15.8. The van der Waals surface area contributed by atoms with Crippen LogP contribution in [0.4, 0.5) is 0 Å². The summed E-state index contributed by atoms with van der Waals surface area (Å²) >= 11 is 5.93. The van der Waals surface area contributed by atoms with Crippen LogP contribution in [0.1, 0.15) is 46.2 Å². The Hall–Kier alpha value is -2.11. The van der Waals surface area contributed by atoms with Gasteiger partial charge in [-0.15, -0.1) is 0 Å². The summed E-state index contributed by atoms with van der Waals surface area (Å²) in [6.45, 7) is 4.30. The number of Topliss-reactive ketones (excluding diaryl/α,β-unsaturated/α-hetero) is 1. The van der Waals surface area contributed by atoms with Gasteiger partial charge in [0.05, 0.1) is 0 Å². The second-order valence-electron chi connectivity index (χ2n) is 6.93. The summed E-state index contributed by atoms with van der Waals surface area (Å²) in [5.41, 5.74) is 2.34. The molecule has 3 rings (SSSR count). The zero-order chi connectivity index (χ0) is 18.7.